The van der Waals surface area contributed by atoms with E-state index < -0.39 is 0 Å². The second kappa shape index (κ2) is 7.46. The molecule has 1 atom stereocenters. The Hall–Kier alpha value is -1.40. The van der Waals surface area contributed by atoms with Gasteiger partial charge in [0.05, 0.1) is 11.7 Å². The Morgan fingerprint density at radius 2 is 1.80 bits per heavy atom. The van der Waals surface area contributed by atoms with E-state index in [-0.39, 0.29) is 11.6 Å². The van der Waals surface area contributed by atoms with E-state index in [0.717, 1.165) is 43.3 Å². The average molecular weight is 362 g/mol. The maximum atomic E-state index is 6.45. The Morgan fingerprint density at radius 1 is 1.16 bits per heavy atom. The standard InChI is InChI=1S/C19H28ClN5/c1-19(2,3)25-11-9-24(10-12-25)15(13-21)16-17(20)23-18(22-16)14-7-5-4-6-8-14/h4-8,15H,9-13,21H2,1-3H3,(H,22,23). The van der Waals surface area contributed by atoms with Gasteiger partial charge in [-0.15, -0.1) is 0 Å². The molecule has 1 unspecified atom stereocenters. The molecule has 1 aliphatic rings. The molecule has 2 heterocycles. The number of nitrogens with two attached hydrogens (primary N) is 1. The molecule has 1 aliphatic heterocycles. The van der Waals surface area contributed by atoms with Crippen LogP contribution in [0.15, 0.2) is 30.3 Å². The summed E-state index contributed by atoms with van der Waals surface area (Å²) in [5.74, 6) is 0.798. The predicted octanol–water partition coefficient (Wildman–Crippen LogP) is 3.15. The topological polar surface area (TPSA) is 61.2 Å². The number of H-pyrrole nitrogens is 1. The van der Waals surface area contributed by atoms with Crippen molar-refractivity contribution in [3.63, 3.8) is 0 Å². The van der Waals surface area contributed by atoms with Gasteiger partial charge in [-0.05, 0) is 20.8 Å². The van der Waals surface area contributed by atoms with Gasteiger partial charge >= 0.3 is 0 Å². The first-order valence-electron chi connectivity index (χ1n) is 8.90. The molecule has 0 spiro atoms. The fourth-order valence-electron chi connectivity index (χ4n) is 3.47. The molecule has 0 aliphatic carbocycles. The van der Waals surface area contributed by atoms with Crippen molar-refractivity contribution in [1.29, 1.82) is 0 Å². The van der Waals surface area contributed by atoms with E-state index in [1.54, 1.807) is 0 Å². The fraction of sp³-hybridized carbons (Fsp3) is 0.526. The molecule has 3 rings (SSSR count). The molecular weight excluding hydrogens is 334 g/mol. The minimum absolute atomic E-state index is 0.0691. The van der Waals surface area contributed by atoms with Crippen molar-refractivity contribution < 1.29 is 0 Å². The summed E-state index contributed by atoms with van der Waals surface area (Å²) in [5.41, 5.74) is 8.27. The molecule has 2 aromatic rings. The number of hydrogen-bond donors (Lipinski definition) is 2. The van der Waals surface area contributed by atoms with Crippen LogP contribution < -0.4 is 5.73 Å². The first kappa shape index (κ1) is 18.4. The predicted molar refractivity (Wildman–Crippen MR) is 104 cm³/mol. The highest BCUT2D eigenvalue weighted by Gasteiger charge is 2.31. The summed E-state index contributed by atoms with van der Waals surface area (Å²) in [6.45, 7) is 11.4. The number of rotatable bonds is 4. The van der Waals surface area contributed by atoms with Crippen molar-refractivity contribution in [2.24, 2.45) is 5.73 Å². The van der Waals surface area contributed by atoms with Crippen LogP contribution in [-0.2, 0) is 0 Å². The lowest BCUT2D eigenvalue weighted by Gasteiger charge is -2.44. The first-order chi connectivity index (χ1) is 11.9. The highest BCUT2D eigenvalue weighted by Crippen LogP contribution is 2.30. The molecule has 5 nitrogen and oxygen atoms in total. The van der Waals surface area contributed by atoms with E-state index in [2.05, 4.69) is 40.5 Å². The van der Waals surface area contributed by atoms with E-state index in [1.807, 2.05) is 30.3 Å². The lowest BCUT2D eigenvalue weighted by molar-refractivity contribution is 0.0426. The highest BCUT2D eigenvalue weighted by molar-refractivity contribution is 6.30. The van der Waals surface area contributed by atoms with Gasteiger partial charge in [-0.25, -0.2) is 4.98 Å². The number of nitrogens with zero attached hydrogens (tertiary/aromatic N) is 3. The third-order valence-electron chi connectivity index (χ3n) is 4.99. The monoisotopic (exact) mass is 361 g/mol. The summed E-state index contributed by atoms with van der Waals surface area (Å²) >= 11 is 6.45. The van der Waals surface area contributed by atoms with E-state index in [9.17, 15) is 0 Å². The zero-order valence-corrected chi connectivity index (χ0v) is 16.1. The molecule has 1 fully saturated rings. The second-order valence-electron chi connectivity index (χ2n) is 7.60. The summed E-state index contributed by atoms with van der Waals surface area (Å²) in [4.78, 5) is 12.9. The minimum atomic E-state index is 0.0691. The van der Waals surface area contributed by atoms with Gasteiger partial charge in [-0.3, -0.25) is 9.80 Å². The molecule has 6 heteroatoms. The van der Waals surface area contributed by atoms with Gasteiger partial charge in [-0.1, -0.05) is 41.9 Å². The van der Waals surface area contributed by atoms with Gasteiger partial charge < -0.3 is 10.7 Å². The maximum absolute atomic E-state index is 6.45. The number of piperazine rings is 1. The van der Waals surface area contributed by atoms with Crippen LogP contribution in [0, 0.1) is 0 Å². The second-order valence-corrected chi connectivity index (χ2v) is 7.96. The van der Waals surface area contributed by atoms with Crippen LogP contribution in [-0.4, -0.2) is 58.0 Å². The fourth-order valence-corrected chi connectivity index (χ4v) is 3.73. The Balaban J connectivity index is 1.77. The Bertz CT molecular complexity index is 684. The van der Waals surface area contributed by atoms with Crippen molar-refractivity contribution in [3.8, 4) is 11.4 Å². The van der Waals surface area contributed by atoms with Crippen LogP contribution in [0.5, 0.6) is 0 Å². The largest absolute Gasteiger partial charge is 0.339 e. The van der Waals surface area contributed by atoms with Crippen molar-refractivity contribution in [1.82, 2.24) is 19.8 Å². The number of halogens is 1. The molecule has 0 radical (unpaired) electrons. The maximum Gasteiger partial charge on any atom is 0.152 e. The molecule has 1 saturated heterocycles. The molecule has 25 heavy (non-hydrogen) atoms. The summed E-state index contributed by atoms with van der Waals surface area (Å²) < 4.78 is 0. The molecule has 0 bridgehead atoms. The quantitative estimate of drug-likeness (QED) is 0.878. The third kappa shape index (κ3) is 4.06. The molecule has 0 saturated carbocycles. The van der Waals surface area contributed by atoms with Gasteiger partial charge in [0.1, 0.15) is 5.82 Å². The van der Waals surface area contributed by atoms with E-state index >= 15 is 0 Å². The SMILES string of the molecule is CC(C)(C)N1CCN(C(CN)c2[nH]c(-c3ccccc3)nc2Cl)CC1. The van der Waals surface area contributed by atoms with Crippen LogP contribution in [0.25, 0.3) is 11.4 Å². The van der Waals surface area contributed by atoms with Crippen molar-refractivity contribution >= 4 is 11.6 Å². The van der Waals surface area contributed by atoms with Crippen LogP contribution in [0.2, 0.25) is 5.15 Å². The van der Waals surface area contributed by atoms with Crippen LogP contribution in [0.3, 0.4) is 0 Å². The molecule has 0 amide bonds. The van der Waals surface area contributed by atoms with E-state index in [1.165, 1.54) is 0 Å². The number of hydrogen-bond acceptors (Lipinski definition) is 4. The summed E-state index contributed by atoms with van der Waals surface area (Å²) in [6, 6.07) is 10.1. The van der Waals surface area contributed by atoms with E-state index in [4.69, 9.17) is 17.3 Å². The Morgan fingerprint density at radius 3 is 2.36 bits per heavy atom. The van der Waals surface area contributed by atoms with Crippen LogP contribution in [0.1, 0.15) is 32.5 Å². The van der Waals surface area contributed by atoms with Crippen molar-refractivity contribution in [2.45, 2.75) is 32.4 Å². The van der Waals surface area contributed by atoms with Gasteiger partial charge in [0.15, 0.2) is 5.15 Å². The number of imidazole rings is 1. The highest BCUT2D eigenvalue weighted by atomic mass is 35.5. The summed E-state index contributed by atoms with van der Waals surface area (Å²) in [7, 11) is 0. The van der Waals surface area contributed by atoms with Gasteiger partial charge in [0.2, 0.25) is 0 Å². The van der Waals surface area contributed by atoms with Gasteiger partial charge in [-0.2, -0.15) is 0 Å². The molecule has 1 aromatic carbocycles. The number of aromatic amines is 1. The van der Waals surface area contributed by atoms with Crippen LogP contribution >= 0.6 is 11.6 Å². The normalized spacial score (nSPS) is 18.4. The van der Waals surface area contributed by atoms with Crippen LogP contribution in [0.4, 0.5) is 0 Å². The lowest BCUT2D eigenvalue weighted by Crippen LogP contribution is -2.54. The zero-order chi connectivity index (χ0) is 18.0. The Labute approximate surface area is 155 Å². The van der Waals surface area contributed by atoms with Gasteiger partial charge in [0.25, 0.3) is 0 Å². The number of nitrogens with one attached hydrogen (secondary N) is 1. The Kier molecular flexibility index (Phi) is 5.49. The van der Waals surface area contributed by atoms with Gasteiger partial charge in [0, 0.05) is 43.8 Å². The third-order valence-corrected chi connectivity index (χ3v) is 5.28. The summed E-state index contributed by atoms with van der Waals surface area (Å²) in [6.07, 6.45) is 0. The first-order valence-corrected chi connectivity index (χ1v) is 9.28. The minimum Gasteiger partial charge on any atom is -0.339 e. The van der Waals surface area contributed by atoms with Crippen molar-refractivity contribution in [3.05, 3.63) is 41.2 Å². The number of aromatic nitrogens is 2. The van der Waals surface area contributed by atoms with Crippen molar-refractivity contribution in [2.75, 3.05) is 32.7 Å². The molecule has 136 valence electrons. The lowest BCUT2D eigenvalue weighted by atomic mass is 10.0. The number of benzene rings is 1. The molecule has 3 N–H and O–H groups in total. The molecular formula is C19H28ClN5. The van der Waals surface area contributed by atoms with E-state index in [0.29, 0.717) is 11.7 Å². The molecule has 1 aromatic heterocycles. The average Bonchev–Trinajstić information content (AvgIpc) is 2.98. The summed E-state index contributed by atoms with van der Waals surface area (Å²) in [5, 5.41) is 0.521. The zero-order valence-electron chi connectivity index (χ0n) is 15.3. The smallest absolute Gasteiger partial charge is 0.152 e.